The van der Waals surface area contributed by atoms with E-state index in [-0.39, 0.29) is 10.8 Å². The van der Waals surface area contributed by atoms with Crippen LogP contribution in [0.4, 0.5) is 11.4 Å². The second kappa shape index (κ2) is 10.2. The van der Waals surface area contributed by atoms with E-state index in [9.17, 15) is 13.2 Å². The largest absolute Gasteiger partial charge is 0.489 e. The van der Waals surface area contributed by atoms with Crippen molar-refractivity contribution < 1.29 is 17.9 Å². The molecule has 34 heavy (non-hydrogen) atoms. The molecule has 172 valence electrons. The minimum Gasteiger partial charge on any atom is -0.489 e. The lowest BCUT2D eigenvalue weighted by Crippen LogP contribution is -2.16. The topological polar surface area (TPSA) is 84.5 Å². The number of ether oxygens (including phenoxy) is 1. The maximum atomic E-state index is 12.8. The number of benzene rings is 4. The fourth-order valence-corrected chi connectivity index (χ4v) is 4.40. The Bertz CT molecular complexity index is 1370. The first-order valence-corrected chi connectivity index (χ1v) is 12.2. The van der Waals surface area contributed by atoms with Crippen LogP contribution in [0, 0.1) is 6.92 Å². The van der Waals surface area contributed by atoms with Crippen LogP contribution in [-0.2, 0) is 16.6 Å². The third kappa shape index (κ3) is 5.82. The van der Waals surface area contributed by atoms with Gasteiger partial charge in [0.1, 0.15) is 12.4 Å². The second-order valence-electron chi connectivity index (χ2n) is 7.70. The van der Waals surface area contributed by atoms with Gasteiger partial charge < -0.3 is 10.1 Å². The number of aryl methyl sites for hydroxylation is 1. The summed E-state index contributed by atoms with van der Waals surface area (Å²) >= 11 is 0. The molecule has 7 heteroatoms. The van der Waals surface area contributed by atoms with Gasteiger partial charge in [-0.3, -0.25) is 9.52 Å². The zero-order valence-electron chi connectivity index (χ0n) is 18.6. The predicted octanol–water partition coefficient (Wildman–Crippen LogP) is 5.63. The van der Waals surface area contributed by atoms with Crippen LogP contribution in [0.15, 0.2) is 108 Å². The van der Waals surface area contributed by atoms with Crippen LogP contribution in [-0.4, -0.2) is 14.3 Å². The highest BCUT2D eigenvalue weighted by Crippen LogP contribution is 2.23. The van der Waals surface area contributed by atoms with E-state index in [1.807, 2.05) is 30.3 Å². The maximum absolute atomic E-state index is 12.8. The Hall–Kier alpha value is -4.10. The summed E-state index contributed by atoms with van der Waals surface area (Å²) in [5.74, 6) is 0.341. The number of carbonyl (C=O) groups excluding carboxylic acids is 1. The summed E-state index contributed by atoms with van der Waals surface area (Å²) < 4.78 is 33.7. The average molecular weight is 473 g/mol. The maximum Gasteiger partial charge on any atom is 0.261 e. The van der Waals surface area contributed by atoms with Crippen LogP contribution in [0.1, 0.15) is 21.5 Å². The van der Waals surface area contributed by atoms with Crippen molar-refractivity contribution in [1.82, 2.24) is 0 Å². The summed E-state index contributed by atoms with van der Waals surface area (Å²) in [5.41, 5.74) is 3.06. The molecule has 0 heterocycles. The Morgan fingerprint density at radius 3 is 2.15 bits per heavy atom. The fraction of sp³-hybridized carbons (Fsp3) is 0.0741. The summed E-state index contributed by atoms with van der Waals surface area (Å²) in [6.45, 7) is 2.23. The van der Waals surface area contributed by atoms with Crippen LogP contribution in [0.25, 0.3) is 0 Å². The van der Waals surface area contributed by atoms with Crippen molar-refractivity contribution in [1.29, 1.82) is 0 Å². The molecule has 0 aliphatic heterocycles. The van der Waals surface area contributed by atoms with Gasteiger partial charge in [-0.2, -0.15) is 0 Å². The van der Waals surface area contributed by atoms with Gasteiger partial charge in [0.25, 0.3) is 15.9 Å². The lowest BCUT2D eigenvalue weighted by molar-refractivity contribution is 0.102. The average Bonchev–Trinajstić information content (AvgIpc) is 2.86. The van der Waals surface area contributed by atoms with Crippen molar-refractivity contribution in [3.05, 3.63) is 120 Å². The molecule has 0 saturated carbocycles. The minimum absolute atomic E-state index is 0.152. The predicted molar refractivity (Wildman–Crippen MR) is 134 cm³/mol. The van der Waals surface area contributed by atoms with Crippen molar-refractivity contribution >= 4 is 27.3 Å². The molecule has 4 rings (SSSR count). The van der Waals surface area contributed by atoms with Gasteiger partial charge in [0.2, 0.25) is 0 Å². The molecule has 6 nitrogen and oxygen atoms in total. The smallest absolute Gasteiger partial charge is 0.261 e. The third-order valence-electron chi connectivity index (χ3n) is 5.16. The fourth-order valence-electron chi connectivity index (χ4n) is 3.26. The highest BCUT2D eigenvalue weighted by atomic mass is 32.2. The van der Waals surface area contributed by atoms with Crippen LogP contribution in [0.3, 0.4) is 0 Å². The molecule has 0 spiro atoms. The zero-order valence-corrected chi connectivity index (χ0v) is 19.4. The van der Waals surface area contributed by atoms with Gasteiger partial charge in [0, 0.05) is 11.3 Å². The Balaban J connectivity index is 1.42. The molecule has 4 aromatic carbocycles. The van der Waals surface area contributed by atoms with Crippen LogP contribution in [0.2, 0.25) is 0 Å². The SMILES string of the molecule is Cc1ccc(C(=O)Nc2ccc(OCc3ccccc3)cc2)cc1NS(=O)(=O)c1ccccc1. The second-order valence-corrected chi connectivity index (χ2v) is 9.38. The van der Waals surface area contributed by atoms with E-state index in [2.05, 4.69) is 10.0 Å². The van der Waals surface area contributed by atoms with Crippen molar-refractivity contribution in [2.45, 2.75) is 18.4 Å². The first kappa shape index (κ1) is 23.1. The number of rotatable bonds is 8. The number of amides is 1. The van der Waals surface area contributed by atoms with E-state index in [1.54, 1.807) is 61.5 Å². The molecule has 0 aliphatic carbocycles. The highest BCUT2D eigenvalue weighted by molar-refractivity contribution is 7.92. The summed E-state index contributed by atoms with van der Waals surface area (Å²) in [7, 11) is -3.76. The first-order valence-electron chi connectivity index (χ1n) is 10.7. The summed E-state index contributed by atoms with van der Waals surface area (Å²) in [6.07, 6.45) is 0. The Kier molecular flexibility index (Phi) is 6.94. The zero-order chi connectivity index (χ0) is 24.0. The highest BCUT2D eigenvalue weighted by Gasteiger charge is 2.16. The molecule has 0 unspecified atom stereocenters. The lowest BCUT2D eigenvalue weighted by Gasteiger charge is -2.13. The number of sulfonamides is 1. The van der Waals surface area contributed by atoms with E-state index < -0.39 is 10.0 Å². The van der Waals surface area contributed by atoms with Gasteiger partial charge in [-0.1, -0.05) is 54.6 Å². The standard InChI is InChI=1S/C27H24N2O4S/c1-20-12-13-22(18-26(20)29-34(31,32)25-10-6-3-7-11-25)27(30)28-23-14-16-24(17-15-23)33-19-21-8-4-2-5-9-21/h2-18,29H,19H2,1H3,(H,28,30). The lowest BCUT2D eigenvalue weighted by atomic mass is 10.1. The molecule has 2 N–H and O–H groups in total. The molecule has 4 aromatic rings. The van der Waals surface area contributed by atoms with Crippen molar-refractivity contribution in [2.75, 3.05) is 10.0 Å². The van der Waals surface area contributed by atoms with Gasteiger partial charge >= 0.3 is 0 Å². The van der Waals surface area contributed by atoms with Crippen molar-refractivity contribution in [3.8, 4) is 5.75 Å². The molecule has 0 aliphatic rings. The molecular weight excluding hydrogens is 448 g/mol. The third-order valence-corrected chi connectivity index (χ3v) is 6.54. The summed E-state index contributed by atoms with van der Waals surface area (Å²) in [4.78, 5) is 12.9. The number of nitrogens with one attached hydrogen (secondary N) is 2. The number of anilines is 2. The van der Waals surface area contributed by atoms with Gasteiger partial charge in [-0.25, -0.2) is 8.42 Å². The van der Waals surface area contributed by atoms with E-state index in [4.69, 9.17) is 4.74 Å². The van der Waals surface area contributed by atoms with Crippen LogP contribution in [0.5, 0.6) is 5.75 Å². The molecular formula is C27H24N2O4S. The van der Waals surface area contributed by atoms with E-state index in [1.165, 1.54) is 18.2 Å². The summed E-state index contributed by atoms with van der Waals surface area (Å²) in [6, 6.07) is 29.9. The van der Waals surface area contributed by atoms with Gasteiger partial charge in [0.05, 0.1) is 10.6 Å². The van der Waals surface area contributed by atoms with Gasteiger partial charge in [-0.05, 0) is 66.6 Å². The van der Waals surface area contributed by atoms with Gasteiger partial charge in [0.15, 0.2) is 0 Å². The van der Waals surface area contributed by atoms with Crippen LogP contribution >= 0.6 is 0 Å². The molecule has 0 saturated heterocycles. The Morgan fingerprint density at radius 1 is 0.824 bits per heavy atom. The molecule has 0 bridgehead atoms. The minimum atomic E-state index is -3.76. The van der Waals surface area contributed by atoms with Gasteiger partial charge in [-0.15, -0.1) is 0 Å². The van der Waals surface area contributed by atoms with Crippen molar-refractivity contribution in [3.63, 3.8) is 0 Å². The molecule has 0 radical (unpaired) electrons. The number of carbonyl (C=O) groups is 1. The number of hydrogen-bond acceptors (Lipinski definition) is 4. The first-order chi connectivity index (χ1) is 16.4. The molecule has 0 aromatic heterocycles. The van der Waals surface area contributed by atoms with Crippen LogP contribution < -0.4 is 14.8 Å². The van der Waals surface area contributed by atoms with E-state index >= 15 is 0 Å². The van der Waals surface area contributed by atoms with Crippen molar-refractivity contribution in [2.24, 2.45) is 0 Å². The van der Waals surface area contributed by atoms with E-state index in [0.717, 1.165) is 5.56 Å². The Labute approximate surface area is 199 Å². The number of hydrogen-bond donors (Lipinski definition) is 2. The normalized spacial score (nSPS) is 11.0. The molecule has 1 amide bonds. The monoisotopic (exact) mass is 472 g/mol. The molecule has 0 fully saturated rings. The Morgan fingerprint density at radius 2 is 1.47 bits per heavy atom. The van der Waals surface area contributed by atoms with E-state index in [0.29, 0.717) is 34.9 Å². The summed E-state index contributed by atoms with van der Waals surface area (Å²) in [5, 5.41) is 2.83. The quantitative estimate of drug-likeness (QED) is 0.348. The molecule has 0 atom stereocenters.